The van der Waals surface area contributed by atoms with Gasteiger partial charge in [-0.3, -0.25) is 9.48 Å². The van der Waals surface area contributed by atoms with Crippen LogP contribution in [0.5, 0.6) is 0 Å². The summed E-state index contributed by atoms with van der Waals surface area (Å²) in [5.41, 5.74) is 5.97. The van der Waals surface area contributed by atoms with Crippen molar-refractivity contribution in [3.8, 4) is 0 Å². The van der Waals surface area contributed by atoms with Crippen molar-refractivity contribution in [3.63, 3.8) is 0 Å². The normalized spacial score (nSPS) is 18.5. The van der Waals surface area contributed by atoms with Crippen LogP contribution in [0.4, 0.5) is 5.69 Å². The molecule has 29 heavy (non-hydrogen) atoms. The van der Waals surface area contributed by atoms with E-state index in [1.54, 1.807) is 6.20 Å². The molecule has 0 bridgehead atoms. The highest BCUT2D eigenvalue weighted by molar-refractivity contribution is 5.95. The average Bonchev–Trinajstić information content (AvgIpc) is 3.37. The number of nitrogens with one attached hydrogen (secondary N) is 1. The molecule has 3 aromatic rings. The molecule has 1 amide bonds. The molecule has 0 unspecified atom stereocenters. The molecule has 4 rings (SSSR count). The highest BCUT2D eigenvalue weighted by atomic mass is 16.2. The Kier molecular flexibility index (Phi) is 5.03. The van der Waals surface area contributed by atoms with Crippen LogP contribution < -0.4 is 5.32 Å². The lowest BCUT2D eigenvalue weighted by atomic mass is 9.86. The number of nitrogens with zero attached hydrogens (tertiary/aromatic N) is 2. The predicted octanol–water partition coefficient (Wildman–Crippen LogP) is 5.28. The van der Waals surface area contributed by atoms with Gasteiger partial charge in [0.2, 0.25) is 5.91 Å². The van der Waals surface area contributed by atoms with E-state index >= 15 is 0 Å². The Bertz CT molecular complexity index is 1010. The van der Waals surface area contributed by atoms with Crippen molar-refractivity contribution < 1.29 is 4.79 Å². The number of carbonyl (C=O) groups is 1. The molecule has 1 aliphatic rings. The maximum Gasteiger partial charge on any atom is 0.228 e. The number of hydrogen-bond donors (Lipinski definition) is 1. The summed E-state index contributed by atoms with van der Waals surface area (Å²) >= 11 is 0. The van der Waals surface area contributed by atoms with Crippen LogP contribution in [0.15, 0.2) is 60.9 Å². The molecule has 1 aromatic heterocycles. The summed E-state index contributed by atoms with van der Waals surface area (Å²) in [5.74, 6) is 0.464. The molecule has 4 heteroatoms. The lowest BCUT2D eigenvalue weighted by Gasteiger charge is -2.19. The van der Waals surface area contributed by atoms with Gasteiger partial charge >= 0.3 is 0 Å². The van der Waals surface area contributed by atoms with Gasteiger partial charge < -0.3 is 5.32 Å². The minimum absolute atomic E-state index is 0.0511. The molecule has 1 saturated carbocycles. The zero-order valence-corrected chi connectivity index (χ0v) is 17.6. The molecule has 4 nitrogen and oxygen atoms in total. The minimum Gasteiger partial charge on any atom is -0.323 e. The molecule has 0 saturated heterocycles. The number of aromatic nitrogens is 2. The first kappa shape index (κ1) is 19.4. The Balaban J connectivity index is 1.35. The Morgan fingerprint density at radius 2 is 1.86 bits per heavy atom. The maximum absolute atomic E-state index is 12.7. The van der Waals surface area contributed by atoms with Gasteiger partial charge in [-0.2, -0.15) is 5.10 Å². The summed E-state index contributed by atoms with van der Waals surface area (Å²) in [5, 5.41) is 7.43. The summed E-state index contributed by atoms with van der Waals surface area (Å²) in [6.07, 6.45) is 4.55. The Labute approximate surface area is 173 Å². The minimum atomic E-state index is 0.0511. The number of hydrogen-bond acceptors (Lipinski definition) is 2. The van der Waals surface area contributed by atoms with Crippen molar-refractivity contribution in [1.29, 1.82) is 0 Å². The number of benzene rings is 2. The molecule has 1 heterocycles. The number of rotatable bonds is 5. The number of aryl methyl sites for hydroxylation is 1. The standard InChI is InChI=1S/C25H29N3O/c1-17-7-5-6-8-19(17)15-28-16-21(14-26-28)27-24(29)23-13-22(23)18-9-11-20(12-10-18)25(2,3)4/h5-12,14,16,22-23H,13,15H2,1-4H3,(H,27,29)/t22-,23-/m0/s1. The van der Waals surface area contributed by atoms with Gasteiger partial charge in [0.15, 0.2) is 0 Å². The summed E-state index contributed by atoms with van der Waals surface area (Å²) in [7, 11) is 0. The van der Waals surface area contributed by atoms with Gasteiger partial charge in [-0.25, -0.2) is 0 Å². The fourth-order valence-corrected chi connectivity index (χ4v) is 3.80. The largest absolute Gasteiger partial charge is 0.323 e. The summed E-state index contributed by atoms with van der Waals surface area (Å²) in [4.78, 5) is 12.7. The molecule has 1 aliphatic carbocycles. The molecule has 1 fully saturated rings. The first-order valence-corrected chi connectivity index (χ1v) is 10.3. The van der Waals surface area contributed by atoms with Crippen LogP contribution in [0, 0.1) is 12.8 Å². The van der Waals surface area contributed by atoms with Crippen LogP contribution in [-0.2, 0) is 16.8 Å². The fraction of sp³-hybridized carbons (Fsp3) is 0.360. The molecule has 2 atom stereocenters. The van der Waals surface area contributed by atoms with Gasteiger partial charge in [0.1, 0.15) is 0 Å². The monoisotopic (exact) mass is 387 g/mol. The predicted molar refractivity (Wildman–Crippen MR) is 117 cm³/mol. The molecule has 0 radical (unpaired) electrons. The third-order valence-electron chi connectivity index (χ3n) is 5.83. The van der Waals surface area contributed by atoms with E-state index in [-0.39, 0.29) is 17.2 Å². The first-order valence-electron chi connectivity index (χ1n) is 10.3. The van der Waals surface area contributed by atoms with Crippen molar-refractivity contribution in [3.05, 3.63) is 83.2 Å². The van der Waals surface area contributed by atoms with E-state index in [4.69, 9.17) is 0 Å². The van der Waals surface area contributed by atoms with E-state index in [1.807, 2.05) is 23.0 Å². The third-order valence-corrected chi connectivity index (χ3v) is 5.83. The second-order valence-electron chi connectivity index (χ2n) is 9.16. The quantitative estimate of drug-likeness (QED) is 0.647. The molecule has 0 aliphatic heterocycles. The lowest BCUT2D eigenvalue weighted by Crippen LogP contribution is -2.14. The number of carbonyl (C=O) groups excluding carboxylic acids is 1. The van der Waals surface area contributed by atoms with Gasteiger partial charge in [-0.1, -0.05) is 69.3 Å². The number of amides is 1. The van der Waals surface area contributed by atoms with E-state index in [0.29, 0.717) is 12.5 Å². The molecule has 1 N–H and O–H groups in total. The molecule has 2 aromatic carbocycles. The van der Waals surface area contributed by atoms with Gasteiger partial charge in [-0.05, 0) is 46.9 Å². The molecular weight excluding hydrogens is 358 g/mol. The van der Waals surface area contributed by atoms with Crippen molar-refractivity contribution in [1.82, 2.24) is 9.78 Å². The van der Waals surface area contributed by atoms with Gasteiger partial charge in [-0.15, -0.1) is 0 Å². The first-order chi connectivity index (χ1) is 13.8. The Hall–Kier alpha value is -2.88. The third kappa shape index (κ3) is 4.42. The lowest BCUT2D eigenvalue weighted by molar-refractivity contribution is -0.117. The highest BCUT2D eigenvalue weighted by Gasteiger charge is 2.44. The SMILES string of the molecule is Cc1ccccc1Cn1cc(NC(=O)[C@H]2C[C@H]2c2ccc(C(C)(C)C)cc2)cn1. The van der Waals surface area contributed by atoms with Crippen molar-refractivity contribution >= 4 is 11.6 Å². The van der Waals surface area contributed by atoms with Crippen molar-refractivity contribution in [2.75, 3.05) is 5.32 Å². The van der Waals surface area contributed by atoms with Crippen LogP contribution in [-0.4, -0.2) is 15.7 Å². The van der Waals surface area contributed by atoms with E-state index in [9.17, 15) is 4.79 Å². The van der Waals surface area contributed by atoms with E-state index in [1.165, 1.54) is 22.3 Å². The zero-order chi connectivity index (χ0) is 20.6. The summed E-state index contributed by atoms with van der Waals surface area (Å²) < 4.78 is 1.87. The molecule has 0 spiro atoms. The Morgan fingerprint density at radius 3 is 2.55 bits per heavy atom. The van der Waals surface area contributed by atoms with Crippen LogP contribution in [0.3, 0.4) is 0 Å². The maximum atomic E-state index is 12.7. The van der Waals surface area contributed by atoms with Crippen LogP contribution >= 0.6 is 0 Å². The summed E-state index contributed by atoms with van der Waals surface area (Å²) in [6, 6.07) is 17.0. The van der Waals surface area contributed by atoms with Gasteiger partial charge in [0, 0.05) is 12.1 Å². The van der Waals surface area contributed by atoms with Crippen LogP contribution in [0.1, 0.15) is 55.4 Å². The van der Waals surface area contributed by atoms with E-state index < -0.39 is 0 Å². The highest BCUT2D eigenvalue weighted by Crippen LogP contribution is 2.48. The zero-order valence-electron chi connectivity index (χ0n) is 17.6. The smallest absolute Gasteiger partial charge is 0.228 e. The van der Waals surface area contributed by atoms with Crippen molar-refractivity contribution in [2.24, 2.45) is 5.92 Å². The van der Waals surface area contributed by atoms with Crippen LogP contribution in [0.25, 0.3) is 0 Å². The average molecular weight is 388 g/mol. The van der Waals surface area contributed by atoms with Gasteiger partial charge in [0.05, 0.1) is 18.4 Å². The second kappa shape index (κ2) is 7.51. The Morgan fingerprint density at radius 1 is 1.14 bits per heavy atom. The number of anilines is 1. The van der Waals surface area contributed by atoms with Crippen molar-refractivity contribution in [2.45, 2.75) is 52.0 Å². The molecule has 150 valence electrons. The second-order valence-corrected chi connectivity index (χ2v) is 9.16. The van der Waals surface area contributed by atoms with Crippen LogP contribution in [0.2, 0.25) is 0 Å². The fourth-order valence-electron chi connectivity index (χ4n) is 3.80. The van der Waals surface area contributed by atoms with E-state index in [0.717, 1.165) is 12.1 Å². The molecular formula is C25H29N3O. The topological polar surface area (TPSA) is 46.9 Å². The van der Waals surface area contributed by atoms with E-state index in [2.05, 4.69) is 74.5 Å². The van der Waals surface area contributed by atoms with Gasteiger partial charge in [0.25, 0.3) is 0 Å². The summed E-state index contributed by atoms with van der Waals surface area (Å²) in [6.45, 7) is 9.45.